The first-order chi connectivity index (χ1) is 6.94. The van der Waals surface area contributed by atoms with Crippen LogP contribution in [-0.2, 0) is 6.42 Å². The predicted octanol–water partition coefficient (Wildman–Crippen LogP) is 4.33. The Labute approximate surface area is 99.6 Å². The SMILES string of the molecule is CC(C)(CN=O)Cc1ccc(Cl)c(Cl)c1. The first-order valence-corrected chi connectivity index (χ1v) is 5.43. The standard InChI is InChI=1S/C11H13Cl2NO/c1-11(2,7-14-15)6-8-3-4-9(12)10(13)5-8/h3-5H,6-7H2,1-2H3. The monoisotopic (exact) mass is 245 g/mol. The summed E-state index contributed by atoms with van der Waals surface area (Å²) in [4.78, 5) is 10.2. The molecule has 0 aromatic heterocycles. The van der Waals surface area contributed by atoms with E-state index in [1.165, 1.54) is 0 Å². The maximum absolute atomic E-state index is 10.2. The topological polar surface area (TPSA) is 29.4 Å². The van der Waals surface area contributed by atoms with Gasteiger partial charge in [0.25, 0.3) is 0 Å². The van der Waals surface area contributed by atoms with Crippen LogP contribution in [-0.4, -0.2) is 6.54 Å². The van der Waals surface area contributed by atoms with Gasteiger partial charge in [0.15, 0.2) is 0 Å². The van der Waals surface area contributed by atoms with Crippen LogP contribution in [0.2, 0.25) is 10.0 Å². The summed E-state index contributed by atoms with van der Waals surface area (Å²) >= 11 is 11.7. The number of hydrogen-bond acceptors (Lipinski definition) is 2. The molecule has 0 N–H and O–H groups in total. The van der Waals surface area contributed by atoms with Gasteiger partial charge in [0.1, 0.15) is 0 Å². The molecule has 0 fully saturated rings. The zero-order valence-corrected chi connectivity index (χ0v) is 10.3. The molecule has 82 valence electrons. The quantitative estimate of drug-likeness (QED) is 0.727. The molecule has 0 saturated heterocycles. The summed E-state index contributed by atoms with van der Waals surface area (Å²) in [5, 5.41) is 4.03. The Balaban J connectivity index is 2.80. The third kappa shape index (κ3) is 3.80. The molecular weight excluding hydrogens is 233 g/mol. The molecule has 0 atom stereocenters. The van der Waals surface area contributed by atoms with Gasteiger partial charge in [-0.2, -0.15) is 4.91 Å². The molecule has 0 unspecified atom stereocenters. The zero-order valence-electron chi connectivity index (χ0n) is 8.76. The van der Waals surface area contributed by atoms with Crippen molar-refractivity contribution in [2.75, 3.05) is 6.54 Å². The fourth-order valence-electron chi connectivity index (χ4n) is 1.43. The summed E-state index contributed by atoms with van der Waals surface area (Å²) in [6.07, 6.45) is 0.760. The minimum atomic E-state index is -0.140. The first kappa shape index (κ1) is 12.5. The predicted molar refractivity (Wildman–Crippen MR) is 64.6 cm³/mol. The van der Waals surface area contributed by atoms with E-state index in [4.69, 9.17) is 23.2 Å². The van der Waals surface area contributed by atoms with Gasteiger partial charge in [-0.25, -0.2) is 0 Å². The minimum Gasteiger partial charge on any atom is -0.151 e. The largest absolute Gasteiger partial charge is 0.151 e. The third-order valence-corrected chi connectivity index (χ3v) is 2.90. The average Bonchev–Trinajstić information content (AvgIpc) is 2.10. The molecule has 0 heterocycles. The number of halogens is 2. The lowest BCUT2D eigenvalue weighted by atomic mass is 9.86. The second-order valence-corrected chi connectivity index (χ2v) is 5.19. The Bertz CT molecular complexity index is 364. The molecule has 0 radical (unpaired) electrons. The molecule has 15 heavy (non-hydrogen) atoms. The van der Waals surface area contributed by atoms with Gasteiger partial charge in [0.2, 0.25) is 0 Å². The highest BCUT2D eigenvalue weighted by Gasteiger charge is 2.19. The van der Waals surface area contributed by atoms with Crippen LogP contribution in [0.3, 0.4) is 0 Å². The van der Waals surface area contributed by atoms with E-state index in [1.54, 1.807) is 6.07 Å². The number of benzene rings is 1. The molecule has 1 rings (SSSR count). The van der Waals surface area contributed by atoms with E-state index in [0.29, 0.717) is 16.6 Å². The van der Waals surface area contributed by atoms with Crippen molar-refractivity contribution in [2.24, 2.45) is 10.6 Å². The second kappa shape index (κ2) is 4.95. The van der Waals surface area contributed by atoms with E-state index < -0.39 is 0 Å². The van der Waals surface area contributed by atoms with E-state index in [1.807, 2.05) is 26.0 Å². The molecule has 1 aromatic rings. The van der Waals surface area contributed by atoms with E-state index >= 15 is 0 Å². The van der Waals surface area contributed by atoms with Gasteiger partial charge < -0.3 is 0 Å². The molecule has 0 aliphatic carbocycles. The van der Waals surface area contributed by atoms with E-state index in [2.05, 4.69) is 5.18 Å². The summed E-state index contributed by atoms with van der Waals surface area (Å²) < 4.78 is 0. The third-order valence-electron chi connectivity index (χ3n) is 2.16. The van der Waals surface area contributed by atoms with Crippen molar-refractivity contribution in [1.29, 1.82) is 0 Å². The molecule has 0 saturated carbocycles. The van der Waals surface area contributed by atoms with Crippen molar-refractivity contribution in [3.8, 4) is 0 Å². The highest BCUT2D eigenvalue weighted by Crippen LogP contribution is 2.27. The maximum atomic E-state index is 10.2. The molecule has 0 bridgehead atoms. The van der Waals surface area contributed by atoms with Gasteiger partial charge in [-0.15, -0.1) is 0 Å². The van der Waals surface area contributed by atoms with E-state index in [0.717, 1.165) is 12.0 Å². The molecule has 0 aliphatic rings. The fraction of sp³-hybridized carbons (Fsp3) is 0.455. The van der Waals surface area contributed by atoms with Gasteiger partial charge in [-0.05, 0) is 29.5 Å². The minimum absolute atomic E-state index is 0.140. The van der Waals surface area contributed by atoms with Crippen molar-refractivity contribution in [3.05, 3.63) is 38.7 Å². The highest BCUT2D eigenvalue weighted by molar-refractivity contribution is 6.42. The second-order valence-electron chi connectivity index (χ2n) is 4.38. The van der Waals surface area contributed by atoms with Crippen LogP contribution in [0.15, 0.2) is 23.4 Å². The molecule has 2 nitrogen and oxygen atoms in total. The number of hydrogen-bond donors (Lipinski definition) is 0. The Morgan fingerprint density at radius 1 is 1.27 bits per heavy atom. The summed E-state index contributed by atoms with van der Waals surface area (Å²) in [5.74, 6) is 0. The van der Waals surface area contributed by atoms with Gasteiger partial charge >= 0.3 is 0 Å². The molecule has 0 aliphatic heterocycles. The Kier molecular flexibility index (Phi) is 4.12. The van der Waals surface area contributed by atoms with Gasteiger partial charge in [-0.3, -0.25) is 0 Å². The molecule has 0 spiro atoms. The van der Waals surface area contributed by atoms with Crippen molar-refractivity contribution in [1.82, 2.24) is 0 Å². The van der Waals surface area contributed by atoms with Crippen LogP contribution < -0.4 is 0 Å². The summed E-state index contributed by atoms with van der Waals surface area (Å²) in [6.45, 7) is 4.29. The molecule has 4 heteroatoms. The van der Waals surface area contributed by atoms with Crippen molar-refractivity contribution in [3.63, 3.8) is 0 Å². The molecule has 0 amide bonds. The number of rotatable bonds is 4. The zero-order chi connectivity index (χ0) is 11.5. The van der Waals surface area contributed by atoms with Crippen LogP contribution in [0.4, 0.5) is 0 Å². The molecular formula is C11H13Cl2NO. The van der Waals surface area contributed by atoms with Gasteiger partial charge in [-0.1, -0.05) is 48.3 Å². The van der Waals surface area contributed by atoms with Gasteiger partial charge in [0, 0.05) is 0 Å². The van der Waals surface area contributed by atoms with Crippen molar-refractivity contribution in [2.45, 2.75) is 20.3 Å². The fourth-order valence-corrected chi connectivity index (χ4v) is 1.75. The van der Waals surface area contributed by atoms with Crippen LogP contribution in [0.25, 0.3) is 0 Å². The Morgan fingerprint density at radius 2 is 1.93 bits per heavy atom. The van der Waals surface area contributed by atoms with Gasteiger partial charge in [0.05, 0.1) is 16.6 Å². The summed E-state index contributed by atoms with van der Waals surface area (Å²) in [7, 11) is 0. The summed E-state index contributed by atoms with van der Waals surface area (Å²) in [6, 6.07) is 5.51. The number of nitroso groups, excluding NO2 is 1. The smallest absolute Gasteiger partial charge is 0.0865 e. The molecule has 1 aromatic carbocycles. The van der Waals surface area contributed by atoms with Crippen LogP contribution in [0.1, 0.15) is 19.4 Å². The highest BCUT2D eigenvalue weighted by atomic mass is 35.5. The summed E-state index contributed by atoms with van der Waals surface area (Å²) in [5.41, 5.74) is 0.928. The van der Waals surface area contributed by atoms with Crippen LogP contribution in [0.5, 0.6) is 0 Å². The average molecular weight is 246 g/mol. The normalized spacial score (nSPS) is 11.5. The van der Waals surface area contributed by atoms with E-state index in [-0.39, 0.29) is 5.41 Å². The van der Waals surface area contributed by atoms with Crippen molar-refractivity contribution < 1.29 is 0 Å². The number of nitrogens with zero attached hydrogens (tertiary/aromatic N) is 1. The lowest BCUT2D eigenvalue weighted by molar-refractivity contribution is 0.377. The van der Waals surface area contributed by atoms with Crippen LogP contribution >= 0.6 is 23.2 Å². The van der Waals surface area contributed by atoms with E-state index in [9.17, 15) is 4.91 Å². The van der Waals surface area contributed by atoms with Crippen molar-refractivity contribution >= 4 is 23.2 Å². The first-order valence-electron chi connectivity index (χ1n) is 4.68. The Morgan fingerprint density at radius 3 is 2.47 bits per heavy atom. The Hall–Kier alpha value is -0.600. The maximum Gasteiger partial charge on any atom is 0.0865 e. The van der Waals surface area contributed by atoms with Crippen LogP contribution in [0, 0.1) is 10.3 Å². The lowest BCUT2D eigenvalue weighted by Gasteiger charge is -2.20. The lowest BCUT2D eigenvalue weighted by Crippen LogP contribution is -2.18.